The van der Waals surface area contributed by atoms with Gasteiger partial charge < -0.3 is 9.67 Å². The van der Waals surface area contributed by atoms with Crippen LogP contribution in [0.3, 0.4) is 0 Å². The Morgan fingerprint density at radius 1 is 1.00 bits per heavy atom. The van der Waals surface area contributed by atoms with E-state index in [1.54, 1.807) is 12.1 Å². The van der Waals surface area contributed by atoms with Gasteiger partial charge >= 0.3 is 0 Å². The van der Waals surface area contributed by atoms with Gasteiger partial charge in [-0.1, -0.05) is 49.4 Å². The molecule has 2 rings (SSSR count). The maximum Gasteiger partial charge on any atom is 0.123 e. The summed E-state index contributed by atoms with van der Waals surface area (Å²) in [5.74, 6) is 0.228. The Balaban J connectivity index is 2.60. The molecule has 2 aromatic rings. The predicted octanol–water partition coefficient (Wildman–Crippen LogP) is 3.26. The largest absolute Gasteiger partial charge is 0.507 e. The Kier molecular flexibility index (Phi) is 3.65. The van der Waals surface area contributed by atoms with Gasteiger partial charge in [0.1, 0.15) is 13.6 Å². The number of phenolic OH excluding ortho intramolecular Hbond substituents is 1. The van der Waals surface area contributed by atoms with Crippen molar-refractivity contribution >= 4 is 13.1 Å². The second-order valence-electron chi connectivity index (χ2n) is 3.84. The van der Waals surface area contributed by atoms with E-state index >= 15 is 0 Å². The van der Waals surface area contributed by atoms with E-state index in [0.29, 0.717) is 6.16 Å². The lowest BCUT2D eigenvalue weighted by Crippen LogP contribution is -2.02. The third-order valence-corrected chi connectivity index (χ3v) is 4.42. The second kappa shape index (κ2) is 5.20. The van der Waals surface area contributed by atoms with Crippen LogP contribution >= 0.6 is 7.80 Å². The highest BCUT2D eigenvalue weighted by Gasteiger charge is 2.11. The second-order valence-corrected chi connectivity index (χ2v) is 5.93. The van der Waals surface area contributed by atoms with Crippen LogP contribution in [0.5, 0.6) is 5.75 Å². The molecule has 0 heterocycles. The Morgan fingerprint density at radius 3 is 2.24 bits per heavy atom. The number of hydrogen-bond donors (Lipinski definition) is 1. The first-order valence-corrected chi connectivity index (χ1v) is 7.26. The zero-order valence-electron chi connectivity index (χ0n) is 9.68. The molecule has 0 spiro atoms. The predicted molar refractivity (Wildman–Crippen MR) is 72.7 cm³/mol. The molecule has 0 bridgehead atoms. The van der Waals surface area contributed by atoms with Crippen molar-refractivity contribution in [2.24, 2.45) is 0 Å². The molecule has 0 fully saturated rings. The molecule has 1 unspecified atom stereocenters. The number of benzene rings is 2. The van der Waals surface area contributed by atoms with Gasteiger partial charge in [-0.15, -0.1) is 0 Å². The summed E-state index contributed by atoms with van der Waals surface area (Å²) >= 11 is 0. The first-order chi connectivity index (χ1) is 8.24. The minimum atomic E-state index is -1.76. The van der Waals surface area contributed by atoms with Crippen molar-refractivity contribution in [1.29, 1.82) is 0 Å². The van der Waals surface area contributed by atoms with E-state index in [-0.39, 0.29) is 5.75 Å². The lowest BCUT2D eigenvalue weighted by atomic mass is 10.0. The molecule has 2 nitrogen and oxygen atoms in total. The van der Waals surface area contributed by atoms with Crippen LogP contribution in [0.2, 0.25) is 0 Å². The standard InChI is InChI=1S/C14H15O2P/c1-2-17(16)14-10-6-4-8-12(14)11-7-3-5-9-13(11)15/h3-10,15,17H,2H2,1H3. The molecule has 2 aromatic carbocycles. The maximum atomic E-state index is 12.0. The van der Waals surface area contributed by atoms with Crippen LogP contribution in [0.25, 0.3) is 11.1 Å². The van der Waals surface area contributed by atoms with Crippen molar-refractivity contribution in [1.82, 2.24) is 0 Å². The average Bonchev–Trinajstić information content (AvgIpc) is 2.38. The fourth-order valence-corrected chi connectivity index (χ4v) is 3.03. The SMILES string of the molecule is CC[PH](=O)c1ccccc1-c1ccccc1O. The van der Waals surface area contributed by atoms with E-state index in [0.717, 1.165) is 16.4 Å². The molecule has 0 aliphatic heterocycles. The summed E-state index contributed by atoms with van der Waals surface area (Å²) < 4.78 is 12.0. The molecule has 0 amide bonds. The maximum absolute atomic E-state index is 12.0. The lowest BCUT2D eigenvalue weighted by molar-refractivity contribution is 0.477. The Morgan fingerprint density at radius 2 is 1.59 bits per heavy atom. The smallest absolute Gasteiger partial charge is 0.123 e. The van der Waals surface area contributed by atoms with Crippen LogP contribution in [0.15, 0.2) is 48.5 Å². The first kappa shape index (κ1) is 11.9. The molecule has 1 atom stereocenters. The van der Waals surface area contributed by atoms with E-state index in [1.807, 2.05) is 43.3 Å². The minimum absolute atomic E-state index is 0.228. The minimum Gasteiger partial charge on any atom is -0.507 e. The van der Waals surface area contributed by atoms with Crippen LogP contribution < -0.4 is 5.30 Å². The van der Waals surface area contributed by atoms with Crippen molar-refractivity contribution in [3.8, 4) is 16.9 Å². The van der Waals surface area contributed by atoms with Crippen molar-refractivity contribution in [3.63, 3.8) is 0 Å². The number of hydrogen-bond acceptors (Lipinski definition) is 2. The highest BCUT2D eigenvalue weighted by atomic mass is 31.1. The van der Waals surface area contributed by atoms with Gasteiger partial charge in [-0.3, -0.25) is 0 Å². The quantitative estimate of drug-likeness (QED) is 0.844. The molecule has 0 aliphatic rings. The number of phenols is 1. The third-order valence-electron chi connectivity index (χ3n) is 2.74. The van der Waals surface area contributed by atoms with Gasteiger partial charge in [0, 0.05) is 10.9 Å². The van der Waals surface area contributed by atoms with Gasteiger partial charge in [0.15, 0.2) is 0 Å². The molecule has 0 aromatic heterocycles. The molecular weight excluding hydrogens is 231 g/mol. The van der Waals surface area contributed by atoms with Gasteiger partial charge in [-0.05, 0) is 17.8 Å². The molecule has 0 saturated carbocycles. The topological polar surface area (TPSA) is 37.3 Å². The molecule has 1 N–H and O–H groups in total. The van der Waals surface area contributed by atoms with E-state index in [2.05, 4.69) is 0 Å². The summed E-state index contributed by atoms with van der Waals surface area (Å²) in [7, 11) is -1.76. The van der Waals surface area contributed by atoms with Crippen molar-refractivity contribution in [2.45, 2.75) is 6.92 Å². The van der Waals surface area contributed by atoms with Gasteiger partial charge in [0.05, 0.1) is 0 Å². The van der Waals surface area contributed by atoms with E-state index in [1.165, 1.54) is 0 Å². The normalized spacial score (nSPS) is 12.3. The Bertz CT molecular complexity index is 549. The van der Waals surface area contributed by atoms with Crippen LogP contribution in [0.4, 0.5) is 0 Å². The molecule has 3 heteroatoms. The number of rotatable bonds is 3. The highest BCUT2D eigenvalue weighted by Crippen LogP contribution is 2.32. The Labute approximate surface area is 102 Å². The van der Waals surface area contributed by atoms with Gasteiger partial charge in [0.2, 0.25) is 0 Å². The molecular formula is C14H15O2P. The molecule has 88 valence electrons. The molecule has 0 aliphatic carbocycles. The van der Waals surface area contributed by atoms with Gasteiger partial charge in [0.25, 0.3) is 0 Å². The molecule has 0 radical (unpaired) electrons. The summed E-state index contributed by atoms with van der Waals surface area (Å²) in [5, 5.41) is 10.7. The average molecular weight is 246 g/mol. The Hall–Kier alpha value is -1.53. The monoisotopic (exact) mass is 246 g/mol. The van der Waals surface area contributed by atoms with Crippen LogP contribution in [-0.4, -0.2) is 11.3 Å². The van der Waals surface area contributed by atoms with Crippen molar-refractivity contribution in [2.75, 3.05) is 6.16 Å². The summed E-state index contributed by atoms with van der Waals surface area (Å²) in [6, 6.07) is 14.7. The van der Waals surface area contributed by atoms with E-state index in [9.17, 15) is 9.67 Å². The third kappa shape index (κ3) is 2.42. The van der Waals surface area contributed by atoms with Crippen LogP contribution in [0, 0.1) is 0 Å². The highest BCUT2D eigenvalue weighted by molar-refractivity contribution is 7.53. The van der Waals surface area contributed by atoms with Gasteiger partial charge in [-0.2, -0.15) is 0 Å². The van der Waals surface area contributed by atoms with Gasteiger partial charge in [-0.25, -0.2) is 0 Å². The molecule has 17 heavy (non-hydrogen) atoms. The molecule has 0 saturated heterocycles. The van der Waals surface area contributed by atoms with Crippen LogP contribution in [-0.2, 0) is 4.57 Å². The number of aromatic hydroxyl groups is 1. The first-order valence-electron chi connectivity index (χ1n) is 5.64. The lowest BCUT2D eigenvalue weighted by Gasteiger charge is -2.10. The van der Waals surface area contributed by atoms with Crippen LogP contribution in [0.1, 0.15) is 6.92 Å². The summed E-state index contributed by atoms with van der Waals surface area (Å²) in [6.45, 7) is 1.92. The summed E-state index contributed by atoms with van der Waals surface area (Å²) in [6.07, 6.45) is 0.648. The van der Waals surface area contributed by atoms with E-state index in [4.69, 9.17) is 0 Å². The fraction of sp³-hybridized carbons (Fsp3) is 0.143. The summed E-state index contributed by atoms with van der Waals surface area (Å²) in [5.41, 5.74) is 1.62. The fourth-order valence-electron chi connectivity index (χ4n) is 1.85. The number of para-hydroxylation sites is 1. The zero-order valence-corrected chi connectivity index (χ0v) is 10.7. The van der Waals surface area contributed by atoms with E-state index < -0.39 is 7.80 Å². The van der Waals surface area contributed by atoms with Crippen molar-refractivity contribution < 1.29 is 9.67 Å². The van der Waals surface area contributed by atoms with Crippen molar-refractivity contribution in [3.05, 3.63) is 48.5 Å². The zero-order chi connectivity index (χ0) is 12.3. The summed E-state index contributed by atoms with van der Waals surface area (Å²) in [4.78, 5) is 0.